The average Bonchev–Trinajstić information content (AvgIpc) is 2.94. The fourth-order valence-electron chi connectivity index (χ4n) is 1.87. The Morgan fingerprint density at radius 2 is 2.18 bits per heavy atom. The van der Waals surface area contributed by atoms with Crippen molar-refractivity contribution in [2.75, 3.05) is 6.26 Å². The number of hydrogen-bond acceptors (Lipinski definition) is 5. The van der Waals surface area contributed by atoms with E-state index in [0.29, 0.717) is 6.54 Å². The molecule has 116 valence electrons. The first-order chi connectivity index (χ1) is 10.5. The summed E-state index contributed by atoms with van der Waals surface area (Å²) in [6.45, 7) is 2.36. The van der Waals surface area contributed by atoms with Crippen molar-refractivity contribution >= 4 is 23.6 Å². The van der Waals surface area contributed by atoms with Gasteiger partial charge in [0.15, 0.2) is 5.69 Å². The van der Waals surface area contributed by atoms with Crippen molar-refractivity contribution in [1.82, 2.24) is 20.3 Å². The SMILES string of the molecule is CSc1cc(C)ccc1CNC(=O)Cn1cc(C(=O)O)nn1. The number of carboxylic acids is 1. The molecule has 1 aromatic heterocycles. The molecule has 0 saturated heterocycles. The third-order valence-corrected chi connectivity index (χ3v) is 3.80. The zero-order valence-electron chi connectivity index (χ0n) is 12.2. The number of thioether (sulfide) groups is 1. The summed E-state index contributed by atoms with van der Waals surface area (Å²) >= 11 is 1.63. The summed E-state index contributed by atoms with van der Waals surface area (Å²) in [5, 5.41) is 18.6. The second-order valence-electron chi connectivity index (χ2n) is 4.70. The predicted molar refractivity (Wildman–Crippen MR) is 81.8 cm³/mol. The van der Waals surface area contributed by atoms with Crippen LogP contribution in [0.2, 0.25) is 0 Å². The lowest BCUT2D eigenvalue weighted by Gasteiger charge is -2.10. The molecular formula is C14H16N4O3S. The van der Waals surface area contributed by atoms with E-state index in [4.69, 9.17) is 5.11 Å². The molecule has 1 amide bonds. The summed E-state index contributed by atoms with van der Waals surface area (Å²) in [5.74, 6) is -1.43. The van der Waals surface area contributed by atoms with E-state index in [-0.39, 0.29) is 18.1 Å². The molecule has 0 unspecified atom stereocenters. The van der Waals surface area contributed by atoms with Crippen molar-refractivity contribution < 1.29 is 14.7 Å². The molecule has 7 nitrogen and oxygen atoms in total. The summed E-state index contributed by atoms with van der Waals surface area (Å²) in [4.78, 5) is 23.7. The zero-order chi connectivity index (χ0) is 16.1. The third kappa shape index (κ3) is 4.08. The number of aromatic nitrogens is 3. The minimum Gasteiger partial charge on any atom is -0.476 e. The standard InChI is InChI=1S/C14H16N4O3S/c1-9-3-4-10(12(5-9)22-2)6-15-13(19)8-18-7-11(14(20)21)16-17-18/h3-5,7H,6,8H2,1-2H3,(H,15,19)(H,20,21). The minimum absolute atomic E-state index is 0.0687. The molecule has 0 saturated carbocycles. The molecule has 0 radical (unpaired) electrons. The number of amides is 1. The van der Waals surface area contributed by atoms with Gasteiger partial charge in [-0.3, -0.25) is 4.79 Å². The molecule has 1 aromatic carbocycles. The quantitative estimate of drug-likeness (QED) is 0.779. The highest BCUT2D eigenvalue weighted by atomic mass is 32.2. The van der Waals surface area contributed by atoms with Gasteiger partial charge in [0.1, 0.15) is 6.54 Å². The molecule has 0 atom stereocenters. The highest BCUT2D eigenvalue weighted by Crippen LogP contribution is 2.21. The van der Waals surface area contributed by atoms with Crippen LogP contribution in [0, 0.1) is 6.92 Å². The largest absolute Gasteiger partial charge is 0.476 e. The maximum absolute atomic E-state index is 11.9. The number of benzene rings is 1. The van der Waals surface area contributed by atoms with Crippen LogP contribution >= 0.6 is 11.8 Å². The smallest absolute Gasteiger partial charge is 0.358 e. The van der Waals surface area contributed by atoms with Gasteiger partial charge in [-0.25, -0.2) is 9.48 Å². The molecule has 2 N–H and O–H groups in total. The predicted octanol–water partition coefficient (Wildman–Crippen LogP) is 1.32. The number of hydrogen-bond donors (Lipinski definition) is 2. The van der Waals surface area contributed by atoms with Gasteiger partial charge in [0.05, 0.1) is 6.20 Å². The van der Waals surface area contributed by atoms with Crippen molar-refractivity contribution in [1.29, 1.82) is 0 Å². The lowest BCUT2D eigenvalue weighted by Crippen LogP contribution is -2.27. The van der Waals surface area contributed by atoms with Crippen LogP contribution in [0.4, 0.5) is 0 Å². The molecule has 22 heavy (non-hydrogen) atoms. The van der Waals surface area contributed by atoms with Crippen LogP contribution in [0.1, 0.15) is 21.6 Å². The molecule has 0 aliphatic heterocycles. The van der Waals surface area contributed by atoms with Crippen molar-refractivity contribution in [2.45, 2.75) is 24.9 Å². The van der Waals surface area contributed by atoms with Gasteiger partial charge in [-0.05, 0) is 30.4 Å². The Hall–Kier alpha value is -2.35. The molecule has 2 aromatic rings. The van der Waals surface area contributed by atoms with Gasteiger partial charge in [-0.15, -0.1) is 16.9 Å². The maximum Gasteiger partial charge on any atom is 0.358 e. The lowest BCUT2D eigenvalue weighted by molar-refractivity contribution is -0.122. The van der Waals surface area contributed by atoms with E-state index >= 15 is 0 Å². The summed E-state index contributed by atoms with van der Waals surface area (Å²) < 4.78 is 1.20. The van der Waals surface area contributed by atoms with Crippen LogP contribution in [0.15, 0.2) is 29.3 Å². The van der Waals surface area contributed by atoms with Gasteiger partial charge in [0.2, 0.25) is 5.91 Å². The Kier molecular flexibility index (Phi) is 5.16. The second-order valence-corrected chi connectivity index (χ2v) is 5.55. The second kappa shape index (κ2) is 7.08. The van der Waals surface area contributed by atoms with Gasteiger partial charge in [0.25, 0.3) is 0 Å². The molecule has 0 aliphatic rings. The van der Waals surface area contributed by atoms with Crippen LogP contribution in [-0.4, -0.2) is 38.2 Å². The van der Waals surface area contributed by atoms with E-state index in [1.165, 1.54) is 16.4 Å². The van der Waals surface area contributed by atoms with E-state index in [9.17, 15) is 9.59 Å². The summed E-state index contributed by atoms with van der Waals surface area (Å²) in [7, 11) is 0. The maximum atomic E-state index is 11.9. The molecule has 0 bridgehead atoms. The lowest BCUT2D eigenvalue weighted by atomic mass is 10.1. The minimum atomic E-state index is -1.17. The first-order valence-corrected chi connectivity index (χ1v) is 7.75. The number of carbonyl (C=O) groups is 2. The van der Waals surface area contributed by atoms with Crippen LogP contribution < -0.4 is 5.32 Å². The first kappa shape index (κ1) is 16.0. The number of nitrogens with one attached hydrogen (secondary N) is 1. The zero-order valence-corrected chi connectivity index (χ0v) is 13.1. The van der Waals surface area contributed by atoms with Crippen LogP contribution in [0.5, 0.6) is 0 Å². The van der Waals surface area contributed by atoms with Gasteiger partial charge >= 0.3 is 5.97 Å². The number of nitrogens with zero attached hydrogens (tertiary/aromatic N) is 3. The van der Waals surface area contributed by atoms with Crippen molar-refractivity contribution in [3.8, 4) is 0 Å². The highest BCUT2D eigenvalue weighted by Gasteiger charge is 2.11. The Morgan fingerprint density at radius 3 is 2.82 bits per heavy atom. The molecule has 1 heterocycles. The molecule has 0 aliphatic carbocycles. The van der Waals surface area contributed by atoms with Crippen molar-refractivity contribution in [3.05, 3.63) is 41.2 Å². The van der Waals surface area contributed by atoms with Gasteiger partial charge in [-0.2, -0.15) is 0 Å². The van der Waals surface area contributed by atoms with Crippen LogP contribution in [0.3, 0.4) is 0 Å². The normalized spacial score (nSPS) is 10.5. The number of aromatic carboxylic acids is 1. The fraction of sp³-hybridized carbons (Fsp3) is 0.286. The number of aryl methyl sites for hydroxylation is 1. The fourth-order valence-corrected chi connectivity index (χ4v) is 2.57. The van der Waals surface area contributed by atoms with Crippen molar-refractivity contribution in [3.63, 3.8) is 0 Å². The van der Waals surface area contributed by atoms with E-state index in [1.54, 1.807) is 11.8 Å². The van der Waals surface area contributed by atoms with E-state index in [2.05, 4.69) is 21.7 Å². The third-order valence-electron chi connectivity index (χ3n) is 2.98. The number of carbonyl (C=O) groups excluding carboxylic acids is 1. The topological polar surface area (TPSA) is 97.1 Å². The first-order valence-electron chi connectivity index (χ1n) is 6.53. The molecular weight excluding hydrogens is 304 g/mol. The highest BCUT2D eigenvalue weighted by molar-refractivity contribution is 7.98. The van der Waals surface area contributed by atoms with E-state index in [0.717, 1.165) is 10.5 Å². The van der Waals surface area contributed by atoms with Crippen molar-refractivity contribution in [2.24, 2.45) is 0 Å². The van der Waals surface area contributed by atoms with E-state index < -0.39 is 5.97 Å². The van der Waals surface area contributed by atoms with Gasteiger partial charge in [-0.1, -0.05) is 17.3 Å². The summed E-state index contributed by atoms with van der Waals surface area (Å²) in [5.41, 5.74) is 2.02. The number of carboxylic acid groups (broad SMARTS) is 1. The van der Waals surface area contributed by atoms with Gasteiger partial charge in [0, 0.05) is 11.4 Å². The molecule has 0 fully saturated rings. The Bertz CT molecular complexity index is 699. The van der Waals surface area contributed by atoms with Crippen LogP contribution in [0.25, 0.3) is 0 Å². The number of rotatable bonds is 6. The molecule has 0 spiro atoms. The van der Waals surface area contributed by atoms with E-state index in [1.807, 2.05) is 25.3 Å². The summed E-state index contributed by atoms with van der Waals surface area (Å²) in [6, 6.07) is 6.06. The Balaban J connectivity index is 1.93. The molecule has 8 heteroatoms. The Morgan fingerprint density at radius 1 is 1.41 bits per heavy atom. The monoisotopic (exact) mass is 320 g/mol. The van der Waals surface area contributed by atoms with Crippen LogP contribution in [-0.2, 0) is 17.9 Å². The Labute approximate surface area is 131 Å². The van der Waals surface area contributed by atoms with Gasteiger partial charge < -0.3 is 10.4 Å². The average molecular weight is 320 g/mol. The summed E-state index contributed by atoms with van der Waals surface area (Å²) in [6.07, 6.45) is 3.21. The molecule has 2 rings (SSSR count).